The summed E-state index contributed by atoms with van der Waals surface area (Å²) in [4.78, 5) is 12.1. The highest BCUT2D eigenvalue weighted by Gasteiger charge is 2.09. The van der Waals surface area contributed by atoms with E-state index in [0.717, 1.165) is 11.3 Å². The monoisotopic (exact) mass is 358 g/mol. The molecule has 3 aromatic rings. The topological polar surface area (TPSA) is 71.3 Å². The Balaban J connectivity index is 1.57. The zero-order valence-corrected chi connectivity index (χ0v) is 14.6. The first-order chi connectivity index (χ1) is 13.3. The fourth-order valence-electron chi connectivity index (χ4n) is 2.44. The van der Waals surface area contributed by atoms with Crippen LogP contribution in [0.5, 0.6) is 17.2 Å². The predicted molar refractivity (Wildman–Crippen MR) is 101 cm³/mol. The van der Waals surface area contributed by atoms with E-state index in [-0.39, 0.29) is 12.5 Å². The molecule has 5 nitrogen and oxygen atoms in total. The van der Waals surface area contributed by atoms with Gasteiger partial charge in [0.2, 0.25) is 0 Å². The highest BCUT2D eigenvalue weighted by molar-refractivity contribution is 5.77. The standard InChI is InChI=1S/C22H18N2O3/c23-14-17-8-4-6-12-20(17)26-16-22(25)24-15-18-9-5-7-13-21(18)27-19-10-2-1-3-11-19/h1-13H,15-16H2,(H,24,25). The lowest BCUT2D eigenvalue weighted by molar-refractivity contribution is -0.123. The number of rotatable bonds is 7. The number of hydrogen-bond donors (Lipinski definition) is 1. The summed E-state index contributed by atoms with van der Waals surface area (Å²) in [5, 5.41) is 11.8. The lowest BCUT2D eigenvalue weighted by atomic mass is 10.2. The molecule has 0 radical (unpaired) electrons. The van der Waals surface area contributed by atoms with Gasteiger partial charge in [0.05, 0.1) is 5.56 Å². The molecule has 1 amide bonds. The Morgan fingerprint density at radius 1 is 0.889 bits per heavy atom. The van der Waals surface area contributed by atoms with Crippen molar-refractivity contribution in [2.75, 3.05) is 6.61 Å². The third-order valence-electron chi connectivity index (χ3n) is 3.79. The van der Waals surface area contributed by atoms with Gasteiger partial charge in [0.15, 0.2) is 6.61 Å². The summed E-state index contributed by atoms with van der Waals surface area (Å²) in [6.07, 6.45) is 0. The first kappa shape index (κ1) is 18.0. The summed E-state index contributed by atoms with van der Waals surface area (Å²) >= 11 is 0. The molecule has 0 fully saturated rings. The average molecular weight is 358 g/mol. The van der Waals surface area contributed by atoms with E-state index in [0.29, 0.717) is 23.6 Å². The molecule has 0 aliphatic rings. The molecule has 27 heavy (non-hydrogen) atoms. The number of nitrogens with zero attached hydrogens (tertiary/aromatic N) is 1. The number of ether oxygens (including phenoxy) is 2. The van der Waals surface area contributed by atoms with Crippen molar-refractivity contribution in [3.63, 3.8) is 0 Å². The van der Waals surface area contributed by atoms with Crippen LogP contribution in [0.4, 0.5) is 0 Å². The fraction of sp³-hybridized carbons (Fsp3) is 0.0909. The normalized spacial score (nSPS) is 9.89. The minimum Gasteiger partial charge on any atom is -0.482 e. The van der Waals surface area contributed by atoms with E-state index in [1.165, 1.54) is 0 Å². The van der Waals surface area contributed by atoms with Crippen LogP contribution in [0.1, 0.15) is 11.1 Å². The molecule has 0 unspecified atom stereocenters. The SMILES string of the molecule is N#Cc1ccccc1OCC(=O)NCc1ccccc1Oc1ccccc1. The molecule has 1 N–H and O–H groups in total. The molecular weight excluding hydrogens is 340 g/mol. The Morgan fingerprint density at radius 3 is 2.33 bits per heavy atom. The summed E-state index contributed by atoms with van der Waals surface area (Å²) in [7, 11) is 0. The van der Waals surface area contributed by atoms with Crippen LogP contribution in [0, 0.1) is 11.3 Å². The van der Waals surface area contributed by atoms with E-state index in [1.54, 1.807) is 24.3 Å². The van der Waals surface area contributed by atoms with Crippen LogP contribution in [0.25, 0.3) is 0 Å². The van der Waals surface area contributed by atoms with Crippen molar-refractivity contribution in [2.45, 2.75) is 6.54 Å². The Bertz CT molecular complexity index is 949. The van der Waals surface area contributed by atoms with Crippen LogP contribution >= 0.6 is 0 Å². The molecule has 0 heterocycles. The number of nitriles is 1. The molecule has 5 heteroatoms. The molecular formula is C22H18N2O3. The molecule has 3 rings (SSSR count). The van der Waals surface area contributed by atoms with Crippen molar-refractivity contribution in [3.8, 4) is 23.3 Å². The van der Waals surface area contributed by atoms with Crippen molar-refractivity contribution >= 4 is 5.91 Å². The van der Waals surface area contributed by atoms with Crippen LogP contribution < -0.4 is 14.8 Å². The second-order valence-electron chi connectivity index (χ2n) is 5.70. The van der Waals surface area contributed by atoms with Crippen molar-refractivity contribution < 1.29 is 14.3 Å². The number of benzene rings is 3. The van der Waals surface area contributed by atoms with Gasteiger partial charge in [0, 0.05) is 12.1 Å². The maximum absolute atomic E-state index is 12.1. The maximum Gasteiger partial charge on any atom is 0.258 e. The van der Waals surface area contributed by atoms with Gasteiger partial charge in [-0.2, -0.15) is 5.26 Å². The number of carbonyl (C=O) groups excluding carboxylic acids is 1. The number of carbonyl (C=O) groups is 1. The van der Waals surface area contributed by atoms with E-state index in [9.17, 15) is 4.79 Å². The molecule has 0 saturated carbocycles. The highest BCUT2D eigenvalue weighted by Crippen LogP contribution is 2.24. The van der Waals surface area contributed by atoms with Gasteiger partial charge in [-0.3, -0.25) is 4.79 Å². The molecule has 3 aromatic carbocycles. The lowest BCUT2D eigenvalue weighted by Crippen LogP contribution is -2.28. The van der Waals surface area contributed by atoms with Gasteiger partial charge in [-0.15, -0.1) is 0 Å². The molecule has 0 atom stereocenters. The third kappa shape index (κ3) is 5.10. The largest absolute Gasteiger partial charge is 0.482 e. The Morgan fingerprint density at radius 2 is 1.56 bits per heavy atom. The van der Waals surface area contributed by atoms with Crippen LogP contribution in [0.2, 0.25) is 0 Å². The second-order valence-corrected chi connectivity index (χ2v) is 5.70. The average Bonchev–Trinajstić information content (AvgIpc) is 2.72. The van der Waals surface area contributed by atoms with Crippen molar-refractivity contribution in [1.82, 2.24) is 5.32 Å². The summed E-state index contributed by atoms with van der Waals surface area (Å²) in [6, 6.07) is 25.8. The Kier molecular flexibility index (Phi) is 6.05. The molecule has 0 aliphatic carbocycles. The van der Waals surface area contributed by atoms with E-state index in [1.807, 2.05) is 60.7 Å². The molecule has 0 spiro atoms. The maximum atomic E-state index is 12.1. The molecule has 0 aliphatic heterocycles. The summed E-state index contributed by atoms with van der Waals surface area (Å²) < 4.78 is 11.3. The van der Waals surface area contributed by atoms with Gasteiger partial charge in [-0.05, 0) is 30.3 Å². The minimum atomic E-state index is -0.280. The summed E-state index contributed by atoms with van der Waals surface area (Å²) in [6.45, 7) is 0.144. The van der Waals surface area contributed by atoms with Gasteiger partial charge in [-0.25, -0.2) is 0 Å². The van der Waals surface area contributed by atoms with Crippen LogP contribution in [0.15, 0.2) is 78.9 Å². The molecule has 0 aromatic heterocycles. The lowest BCUT2D eigenvalue weighted by Gasteiger charge is -2.12. The zero-order chi connectivity index (χ0) is 18.9. The van der Waals surface area contributed by atoms with Crippen LogP contribution in [-0.2, 0) is 11.3 Å². The van der Waals surface area contributed by atoms with Crippen LogP contribution in [0.3, 0.4) is 0 Å². The highest BCUT2D eigenvalue weighted by atomic mass is 16.5. The Labute approximate surface area is 157 Å². The molecule has 0 bridgehead atoms. The summed E-state index contributed by atoms with van der Waals surface area (Å²) in [5.41, 5.74) is 1.25. The van der Waals surface area contributed by atoms with Gasteiger partial charge < -0.3 is 14.8 Å². The van der Waals surface area contributed by atoms with Crippen molar-refractivity contribution in [1.29, 1.82) is 5.26 Å². The third-order valence-corrected chi connectivity index (χ3v) is 3.79. The zero-order valence-electron chi connectivity index (χ0n) is 14.6. The van der Waals surface area contributed by atoms with Crippen molar-refractivity contribution in [2.24, 2.45) is 0 Å². The number of nitrogens with one attached hydrogen (secondary N) is 1. The first-order valence-electron chi connectivity index (χ1n) is 8.45. The number of hydrogen-bond acceptors (Lipinski definition) is 4. The predicted octanol–water partition coefficient (Wildman–Crippen LogP) is 4.05. The van der Waals surface area contributed by atoms with Crippen LogP contribution in [-0.4, -0.2) is 12.5 Å². The molecule has 134 valence electrons. The summed E-state index contributed by atoms with van der Waals surface area (Å²) in [5.74, 6) is 1.52. The van der Waals surface area contributed by atoms with Gasteiger partial charge in [-0.1, -0.05) is 48.5 Å². The van der Waals surface area contributed by atoms with Gasteiger partial charge in [0.25, 0.3) is 5.91 Å². The fourth-order valence-corrected chi connectivity index (χ4v) is 2.44. The van der Waals surface area contributed by atoms with Gasteiger partial charge >= 0.3 is 0 Å². The second kappa shape index (κ2) is 9.07. The smallest absolute Gasteiger partial charge is 0.258 e. The quantitative estimate of drug-likeness (QED) is 0.692. The molecule has 0 saturated heterocycles. The number of amides is 1. The minimum absolute atomic E-state index is 0.166. The van der Waals surface area contributed by atoms with Gasteiger partial charge in [0.1, 0.15) is 23.3 Å². The van der Waals surface area contributed by atoms with E-state index < -0.39 is 0 Å². The van der Waals surface area contributed by atoms with E-state index >= 15 is 0 Å². The number of para-hydroxylation sites is 3. The van der Waals surface area contributed by atoms with E-state index in [4.69, 9.17) is 14.7 Å². The van der Waals surface area contributed by atoms with Crippen molar-refractivity contribution in [3.05, 3.63) is 90.0 Å². The Hall–Kier alpha value is -3.78. The van der Waals surface area contributed by atoms with E-state index in [2.05, 4.69) is 5.32 Å². The first-order valence-corrected chi connectivity index (χ1v) is 8.45.